The van der Waals surface area contributed by atoms with Crippen molar-refractivity contribution in [3.05, 3.63) is 30.5 Å². The van der Waals surface area contributed by atoms with Crippen molar-refractivity contribution in [2.75, 3.05) is 44.8 Å². The van der Waals surface area contributed by atoms with Gasteiger partial charge in [0.1, 0.15) is 5.75 Å². The second kappa shape index (κ2) is 7.75. The number of aryl methyl sites for hydroxylation is 1. The summed E-state index contributed by atoms with van der Waals surface area (Å²) in [6, 6.07) is 8.12. The number of benzene rings is 1. The van der Waals surface area contributed by atoms with Crippen molar-refractivity contribution in [1.29, 1.82) is 0 Å². The van der Waals surface area contributed by atoms with E-state index in [0.717, 1.165) is 36.2 Å². The van der Waals surface area contributed by atoms with Gasteiger partial charge in [-0.3, -0.25) is 9.69 Å². The van der Waals surface area contributed by atoms with Gasteiger partial charge in [-0.25, -0.2) is 8.42 Å². The number of sulfone groups is 1. The number of hydrogen-bond acceptors (Lipinski definition) is 5. The number of nitrogens with zero attached hydrogens (tertiary/aromatic N) is 3. The number of hydrogen-bond donors (Lipinski definition) is 0. The zero-order valence-electron chi connectivity index (χ0n) is 16.2. The summed E-state index contributed by atoms with van der Waals surface area (Å²) in [5.41, 5.74) is 1.10. The molecule has 152 valence electrons. The number of fused-ring (bicyclic) bond motifs is 1. The number of piperazine rings is 1. The SMILES string of the molecule is COc1ccc2c(ccn2CCC(=O)N2CCN([C@@H]3CCS(=O)(=O)C3)CC2)c1. The summed E-state index contributed by atoms with van der Waals surface area (Å²) in [7, 11) is -1.21. The molecular formula is C20H27N3O4S. The number of carbonyl (C=O) groups is 1. The summed E-state index contributed by atoms with van der Waals surface area (Å²) < 4.78 is 30.7. The van der Waals surface area contributed by atoms with Gasteiger partial charge in [0.2, 0.25) is 5.91 Å². The average Bonchev–Trinajstić information content (AvgIpc) is 3.28. The molecule has 0 unspecified atom stereocenters. The van der Waals surface area contributed by atoms with Crippen LogP contribution in [0.15, 0.2) is 30.5 Å². The summed E-state index contributed by atoms with van der Waals surface area (Å²) in [5.74, 6) is 1.56. The Morgan fingerprint density at radius 1 is 1.18 bits per heavy atom. The molecule has 1 aromatic heterocycles. The van der Waals surface area contributed by atoms with Crippen molar-refractivity contribution in [3.63, 3.8) is 0 Å². The molecule has 1 aromatic carbocycles. The van der Waals surface area contributed by atoms with E-state index < -0.39 is 9.84 Å². The topological polar surface area (TPSA) is 71.8 Å². The van der Waals surface area contributed by atoms with Gasteiger partial charge in [0.15, 0.2) is 9.84 Å². The molecule has 0 aliphatic carbocycles. The van der Waals surface area contributed by atoms with Crippen LogP contribution in [0, 0.1) is 0 Å². The van der Waals surface area contributed by atoms with E-state index in [1.165, 1.54) is 0 Å². The molecular weight excluding hydrogens is 378 g/mol. The molecule has 0 bridgehead atoms. The van der Waals surface area contributed by atoms with E-state index >= 15 is 0 Å². The van der Waals surface area contributed by atoms with Crippen molar-refractivity contribution in [2.24, 2.45) is 0 Å². The van der Waals surface area contributed by atoms with Crippen LogP contribution in [0.25, 0.3) is 10.9 Å². The van der Waals surface area contributed by atoms with Crippen LogP contribution in [0.4, 0.5) is 0 Å². The zero-order chi connectivity index (χ0) is 19.7. The first kappa shape index (κ1) is 19.3. The van der Waals surface area contributed by atoms with E-state index in [4.69, 9.17) is 4.74 Å². The molecule has 1 amide bonds. The van der Waals surface area contributed by atoms with Gasteiger partial charge in [-0.1, -0.05) is 0 Å². The molecule has 2 fully saturated rings. The van der Waals surface area contributed by atoms with Crippen LogP contribution >= 0.6 is 0 Å². The molecule has 8 heteroatoms. The van der Waals surface area contributed by atoms with Crippen LogP contribution in [0.1, 0.15) is 12.8 Å². The molecule has 2 aliphatic rings. The fraction of sp³-hybridized carbons (Fsp3) is 0.550. The fourth-order valence-corrected chi connectivity index (χ4v) is 6.04. The third kappa shape index (κ3) is 4.03. The number of carbonyl (C=O) groups excluding carboxylic acids is 1. The number of rotatable bonds is 5. The summed E-state index contributed by atoms with van der Waals surface area (Å²) in [5, 5.41) is 1.10. The normalized spacial score (nSPS) is 22.6. The lowest BCUT2D eigenvalue weighted by Crippen LogP contribution is -2.52. The highest BCUT2D eigenvalue weighted by atomic mass is 32.2. The maximum absolute atomic E-state index is 12.6. The largest absolute Gasteiger partial charge is 0.497 e. The monoisotopic (exact) mass is 405 g/mol. The fourth-order valence-electron chi connectivity index (χ4n) is 4.27. The Hall–Kier alpha value is -2.06. The highest BCUT2D eigenvalue weighted by molar-refractivity contribution is 7.91. The second-order valence-corrected chi connectivity index (χ2v) is 9.89. The van der Waals surface area contributed by atoms with Crippen LogP contribution in [-0.4, -0.2) is 79.5 Å². The number of aromatic nitrogens is 1. The first-order valence-corrected chi connectivity index (χ1v) is 11.6. The number of ether oxygens (including phenoxy) is 1. The molecule has 4 rings (SSSR count). The summed E-state index contributed by atoms with van der Waals surface area (Å²) >= 11 is 0. The Morgan fingerprint density at radius 3 is 2.64 bits per heavy atom. The van der Waals surface area contributed by atoms with Gasteiger partial charge in [-0.05, 0) is 30.7 Å². The summed E-state index contributed by atoms with van der Waals surface area (Å²) in [4.78, 5) is 16.8. The minimum atomic E-state index is -2.86. The molecule has 28 heavy (non-hydrogen) atoms. The Labute approximate surface area is 165 Å². The van der Waals surface area contributed by atoms with Gasteiger partial charge in [-0.15, -0.1) is 0 Å². The van der Waals surface area contributed by atoms with E-state index in [-0.39, 0.29) is 17.7 Å². The quantitative estimate of drug-likeness (QED) is 0.751. The summed E-state index contributed by atoms with van der Waals surface area (Å²) in [6.45, 7) is 3.53. The zero-order valence-corrected chi connectivity index (χ0v) is 17.0. The summed E-state index contributed by atoms with van der Waals surface area (Å²) in [6.07, 6.45) is 3.20. The minimum absolute atomic E-state index is 0.130. The molecule has 2 aliphatic heterocycles. The maximum Gasteiger partial charge on any atom is 0.224 e. The molecule has 0 spiro atoms. The highest BCUT2D eigenvalue weighted by Crippen LogP contribution is 2.23. The minimum Gasteiger partial charge on any atom is -0.497 e. The lowest BCUT2D eigenvalue weighted by molar-refractivity contribution is -0.133. The van der Waals surface area contributed by atoms with Crippen molar-refractivity contribution in [2.45, 2.75) is 25.4 Å². The van der Waals surface area contributed by atoms with E-state index in [0.29, 0.717) is 31.8 Å². The first-order chi connectivity index (χ1) is 13.4. The Balaban J connectivity index is 1.29. The van der Waals surface area contributed by atoms with E-state index in [2.05, 4.69) is 9.47 Å². The highest BCUT2D eigenvalue weighted by Gasteiger charge is 2.34. The average molecular weight is 406 g/mol. The van der Waals surface area contributed by atoms with Gasteiger partial charge in [-0.2, -0.15) is 0 Å². The van der Waals surface area contributed by atoms with Gasteiger partial charge in [0.25, 0.3) is 0 Å². The van der Waals surface area contributed by atoms with E-state index in [1.54, 1.807) is 7.11 Å². The molecule has 0 saturated carbocycles. The van der Waals surface area contributed by atoms with E-state index in [9.17, 15) is 13.2 Å². The van der Waals surface area contributed by atoms with Crippen molar-refractivity contribution in [1.82, 2.24) is 14.4 Å². The molecule has 0 N–H and O–H groups in total. The van der Waals surface area contributed by atoms with Crippen molar-refractivity contribution < 1.29 is 17.9 Å². The smallest absolute Gasteiger partial charge is 0.224 e. The van der Waals surface area contributed by atoms with Gasteiger partial charge in [0.05, 0.1) is 18.6 Å². The van der Waals surface area contributed by atoms with Crippen LogP contribution in [-0.2, 0) is 21.2 Å². The molecule has 0 radical (unpaired) electrons. The van der Waals surface area contributed by atoms with Crippen LogP contribution < -0.4 is 4.74 Å². The molecule has 1 atom stereocenters. The third-order valence-corrected chi connectivity index (χ3v) is 7.69. The molecule has 2 aromatic rings. The van der Waals surface area contributed by atoms with Crippen LogP contribution in [0.3, 0.4) is 0 Å². The predicted octanol–water partition coefficient (Wildman–Crippen LogP) is 1.37. The second-order valence-electron chi connectivity index (χ2n) is 7.66. The Morgan fingerprint density at radius 2 is 1.96 bits per heavy atom. The van der Waals surface area contributed by atoms with Gasteiger partial charge < -0.3 is 14.2 Å². The first-order valence-electron chi connectivity index (χ1n) is 9.80. The molecule has 3 heterocycles. The van der Waals surface area contributed by atoms with Gasteiger partial charge in [0, 0.05) is 62.3 Å². The Bertz CT molecular complexity index is 961. The maximum atomic E-state index is 12.6. The lowest BCUT2D eigenvalue weighted by Gasteiger charge is -2.37. The lowest BCUT2D eigenvalue weighted by atomic mass is 10.2. The van der Waals surface area contributed by atoms with Crippen molar-refractivity contribution in [3.8, 4) is 5.75 Å². The van der Waals surface area contributed by atoms with Crippen LogP contribution in [0.5, 0.6) is 5.75 Å². The van der Waals surface area contributed by atoms with Gasteiger partial charge >= 0.3 is 0 Å². The van der Waals surface area contributed by atoms with Crippen molar-refractivity contribution >= 4 is 26.6 Å². The predicted molar refractivity (Wildman–Crippen MR) is 108 cm³/mol. The standard InChI is InChI=1S/C20H27N3O4S/c1-27-18-2-3-19-16(14-18)4-7-22(19)8-5-20(24)23-11-9-21(10-12-23)17-6-13-28(25,26)15-17/h2-4,7,14,17H,5-6,8-13,15H2,1H3/t17-/m1/s1. The number of amides is 1. The molecule has 2 saturated heterocycles. The van der Waals surface area contributed by atoms with E-state index in [1.807, 2.05) is 35.4 Å². The third-order valence-electron chi connectivity index (χ3n) is 5.94. The van der Waals surface area contributed by atoms with Crippen LogP contribution in [0.2, 0.25) is 0 Å². The Kier molecular flexibility index (Phi) is 5.33. The number of methoxy groups -OCH3 is 1. The molecule has 7 nitrogen and oxygen atoms in total.